The van der Waals surface area contributed by atoms with E-state index in [1.807, 2.05) is 6.92 Å². The Balaban J connectivity index is 1.82. The number of phenols is 1. The Hall–Kier alpha value is -4.60. The molecule has 10 heteroatoms. The number of carbonyl (C=O) groups is 1. The third-order valence-corrected chi connectivity index (χ3v) is 4.11. The van der Waals surface area contributed by atoms with Crippen LogP contribution >= 0.6 is 0 Å². The SMILES string of the molecule is Cc1ccc(N=Cc2cccc(OC(=O)c3cc([N+](=O)[O-])cc([N+](=O)[O-])c3)c2)c(O)c1. The number of esters is 1. The Morgan fingerprint density at radius 1 is 1.00 bits per heavy atom. The van der Waals surface area contributed by atoms with E-state index < -0.39 is 27.2 Å². The van der Waals surface area contributed by atoms with Gasteiger partial charge in [0.25, 0.3) is 11.4 Å². The number of non-ortho nitro benzene ring substituents is 2. The van der Waals surface area contributed by atoms with Crippen molar-refractivity contribution in [3.8, 4) is 11.5 Å². The zero-order chi connectivity index (χ0) is 22.5. The van der Waals surface area contributed by atoms with Crippen molar-refractivity contribution in [1.82, 2.24) is 0 Å². The fraction of sp³-hybridized carbons (Fsp3) is 0.0476. The highest BCUT2D eigenvalue weighted by Gasteiger charge is 2.21. The van der Waals surface area contributed by atoms with E-state index in [1.165, 1.54) is 18.3 Å². The van der Waals surface area contributed by atoms with E-state index >= 15 is 0 Å². The van der Waals surface area contributed by atoms with E-state index in [2.05, 4.69) is 4.99 Å². The highest BCUT2D eigenvalue weighted by Crippen LogP contribution is 2.27. The molecule has 0 aliphatic rings. The lowest BCUT2D eigenvalue weighted by atomic mass is 10.1. The molecule has 0 bridgehead atoms. The summed E-state index contributed by atoms with van der Waals surface area (Å²) in [5.41, 5.74) is 0.267. The van der Waals surface area contributed by atoms with E-state index in [1.54, 1.807) is 30.3 Å². The number of rotatable bonds is 6. The van der Waals surface area contributed by atoms with E-state index in [9.17, 15) is 30.1 Å². The van der Waals surface area contributed by atoms with Gasteiger partial charge < -0.3 is 9.84 Å². The van der Waals surface area contributed by atoms with Crippen LogP contribution in [0.1, 0.15) is 21.5 Å². The summed E-state index contributed by atoms with van der Waals surface area (Å²) in [4.78, 5) is 36.9. The third kappa shape index (κ3) is 5.26. The summed E-state index contributed by atoms with van der Waals surface area (Å²) in [7, 11) is 0. The number of phenolic OH excluding ortho intramolecular Hbond substituents is 1. The minimum atomic E-state index is -0.989. The quantitative estimate of drug-likeness (QED) is 0.203. The van der Waals surface area contributed by atoms with Crippen LogP contribution in [0, 0.1) is 27.2 Å². The second kappa shape index (κ2) is 8.82. The van der Waals surface area contributed by atoms with Crippen molar-refractivity contribution in [2.45, 2.75) is 6.92 Å². The van der Waals surface area contributed by atoms with Crippen LogP contribution in [0.2, 0.25) is 0 Å². The molecule has 3 aromatic carbocycles. The lowest BCUT2D eigenvalue weighted by Gasteiger charge is -2.05. The molecule has 0 saturated carbocycles. The average molecular weight is 421 g/mol. The van der Waals surface area contributed by atoms with Crippen LogP contribution in [-0.2, 0) is 0 Å². The van der Waals surface area contributed by atoms with Gasteiger partial charge in [0.05, 0.1) is 21.5 Å². The van der Waals surface area contributed by atoms with Gasteiger partial charge in [-0.1, -0.05) is 18.2 Å². The Bertz CT molecular complexity index is 1190. The van der Waals surface area contributed by atoms with Crippen molar-refractivity contribution in [1.29, 1.82) is 0 Å². The van der Waals surface area contributed by atoms with E-state index in [0.29, 0.717) is 11.3 Å². The van der Waals surface area contributed by atoms with Gasteiger partial charge in [-0.05, 0) is 42.3 Å². The first-order valence-electron chi connectivity index (χ1n) is 8.83. The van der Waals surface area contributed by atoms with E-state index in [0.717, 1.165) is 23.8 Å². The number of aromatic hydroxyl groups is 1. The first-order valence-corrected chi connectivity index (χ1v) is 8.83. The number of ether oxygens (including phenoxy) is 1. The van der Waals surface area contributed by atoms with Gasteiger partial charge in [0.2, 0.25) is 0 Å². The first kappa shape index (κ1) is 21.1. The Kier molecular flexibility index (Phi) is 6.01. The smallest absolute Gasteiger partial charge is 0.344 e. The summed E-state index contributed by atoms with van der Waals surface area (Å²) < 4.78 is 5.21. The van der Waals surface area contributed by atoms with Gasteiger partial charge in [-0.25, -0.2) is 4.79 Å². The molecule has 0 heterocycles. The predicted octanol–water partition coefficient (Wildman–Crippen LogP) is 4.49. The maximum atomic E-state index is 12.4. The molecule has 0 aromatic heterocycles. The van der Waals surface area contributed by atoms with Crippen LogP contribution < -0.4 is 4.74 Å². The van der Waals surface area contributed by atoms with Crippen molar-refractivity contribution in [3.63, 3.8) is 0 Å². The van der Waals surface area contributed by atoms with Gasteiger partial charge in [0.15, 0.2) is 0 Å². The fourth-order valence-corrected chi connectivity index (χ4v) is 2.63. The minimum Gasteiger partial charge on any atom is -0.506 e. The maximum absolute atomic E-state index is 12.4. The van der Waals surface area contributed by atoms with Gasteiger partial charge >= 0.3 is 5.97 Å². The normalized spacial score (nSPS) is 10.7. The molecule has 0 saturated heterocycles. The maximum Gasteiger partial charge on any atom is 0.344 e. The summed E-state index contributed by atoms with van der Waals surface area (Å²) >= 11 is 0. The minimum absolute atomic E-state index is 0.0195. The number of hydrogen-bond donors (Lipinski definition) is 1. The number of hydrogen-bond acceptors (Lipinski definition) is 8. The largest absolute Gasteiger partial charge is 0.506 e. The van der Waals surface area contributed by atoms with Gasteiger partial charge in [0, 0.05) is 18.3 Å². The van der Waals surface area contributed by atoms with E-state index in [-0.39, 0.29) is 17.1 Å². The molecule has 0 fully saturated rings. The molecule has 0 aliphatic carbocycles. The zero-order valence-corrected chi connectivity index (χ0v) is 16.1. The predicted molar refractivity (Wildman–Crippen MR) is 111 cm³/mol. The monoisotopic (exact) mass is 421 g/mol. The molecule has 0 amide bonds. The number of nitro benzene ring substituents is 2. The van der Waals surface area contributed by atoms with E-state index in [4.69, 9.17) is 4.74 Å². The summed E-state index contributed by atoms with van der Waals surface area (Å²) in [6, 6.07) is 13.8. The molecule has 0 spiro atoms. The van der Waals surface area contributed by atoms with Crippen LogP contribution in [0.5, 0.6) is 11.5 Å². The highest BCUT2D eigenvalue weighted by molar-refractivity contribution is 5.93. The summed E-state index contributed by atoms with van der Waals surface area (Å²) in [6.45, 7) is 1.83. The van der Waals surface area contributed by atoms with Crippen LogP contribution in [0.25, 0.3) is 0 Å². The third-order valence-electron chi connectivity index (χ3n) is 4.11. The fourth-order valence-electron chi connectivity index (χ4n) is 2.63. The summed E-state index contributed by atoms with van der Waals surface area (Å²) in [5, 5.41) is 31.9. The molecule has 3 rings (SSSR count). The molecule has 0 aliphatic heterocycles. The lowest BCUT2D eigenvalue weighted by molar-refractivity contribution is -0.394. The molecule has 31 heavy (non-hydrogen) atoms. The van der Waals surface area contributed by atoms with Crippen LogP contribution in [0.4, 0.5) is 17.1 Å². The second-order valence-electron chi connectivity index (χ2n) is 6.46. The van der Waals surface area contributed by atoms with Gasteiger partial charge in [0.1, 0.15) is 17.2 Å². The van der Waals surface area contributed by atoms with Crippen molar-refractivity contribution in [2.75, 3.05) is 0 Å². The standard InChI is InChI=1S/C21H15N3O7/c1-13-5-6-19(20(25)7-13)22-12-14-3-2-4-18(8-14)31-21(26)15-9-16(23(27)28)11-17(10-15)24(29)30/h2-12,25H,1H3. The lowest BCUT2D eigenvalue weighted by Crippen LogP contribution is -2.10. The second-order valence-corrected chi connectivity index (χ2v) is 6.46. The summed E-state index contributed by atoms with van der Waals surface area (Å²) in [5.74, 6) is -0.862. The molecule has 0 unspecified atom stereocenters. The molecule has 156 valence electrons. The van der Waals surface area contributed by atoms with Crippen LogP contribution in [0.15, 0.2) is 65.7 Å². The number of carbonyl (C=O) groups excluding carboxylic acids is 1. The first-order chi connectivity index (χ1) is 14.7. The zero-order valence-electron chi connectivity index (χ0n) is 16.1. The topological polar surface area (TPSA) is 145 Å². The highest BCUT2D eigenvalue weighted by atomic mass is 16.6. The van der Waals surface area contributed by atoms with Crippen LogP contribution in [-0.4, -0.2) is 27.1 Å². The number of aryl methyl sites for hydroxylation is 1. The van der Waals surface area contributed by atoms with Crippen molar-refractivity contribution in [2.24, 2.45) is 4.99 Å². The average Bonchev–Trinajstić information content (AvgIpc) is 2.73. The van der Waals surface area contributed by atoms with Crippen molar-refractivity contribution in [3.05, 3.63) is 97.6 Å². The Labute approximate surface area is 175 Å². The Morgan fingerprint density at radius 2 is 1.68 bits per heavy atom. The molecular formula is C21H15N3O7. The molecular weight excluding hydrogens is 406 g/mol. The van der Waals surface area contributed by atoms with Gasteiger partial charge in [-0.3, -0.25) is 25.2 Å². The van der Waals surface area contributed by atoms with Gasteiger partial charge in [-0.15, -0.1) is 0 Å². The molecule has 3 aromatic rings. The van der Waals surface area contributed by atoms with Crippen molar-refractivity contribution < 1.29 is 24.5 Å². The van der Waals surface area contributed by atoms with Gasteiger partial charge in [-0.2, -0.15) is 0 Å². The number of benzene rings is 3. The number of nitrogens with zero attached hydrogens (tertiary/aromatic N) is 3. The molecule has 0 radical (unpaired) electrons. The molecule has 10 nitrogen and oxygen atoms in total. The number of nitro groups is 2. The van der Waals surface area contributed by atoms with Crippen LogP contribution in [0.3, 0.4) is 0 Å². The number of aliphatic imine (C=N–C) groups is 1. The molecule has 1 N–H and O–H groups in total. The Morgan fingerprint density at radius 3 is 2.29 bits per heavy atom. The molecule has 0 atom stereocenters. The van der Waals surface area contributed by atoms with Crippen molar-refractivity contribution >= 4 is 29.2 Å². The summed E-state index contributed by atoms with van der Waals surface area (Å²) in [6.07, 6.45) is 1.46.